The summed E-state index contributed by atoms with van der Waals surface area (Å²) >= 11 is 0. The molecule has 0 aliphatic carbocycles. The summed E-state index contributed by atoms with van der Waals surface area (Å²) < 4.78 is 51.8. The minimum absolute atomic E-state index is 0.354. The Morgan fingerprint density at radius 3 is 2.15 bits per heavy atom. The smallest absolute Gasteiger partial charge is 0.242 e. The minimum Gasteiger partial charge on any atom is -0.242 e. The quantitative estimate of drug-likeness (QED) is 0.609. The van der Waals surface area contributed by atoms with Crippen LogP contribution >= 0.6 is 0 Å². The van der Waals surface area contributed by atoms with Crippen molar-refractivity contribution < 1.29 is 25.2 Å². The second-order valence-corrected chi connectivity index (χ2v) is 6.32. The van der Waals surface area contributed by atoms with Crippen molar-refractivity contribution in [3.05, 3.63) is 0 Å². The van der Waals surface area contributed by atoms with Crippen LogP contribution in [0.3, 0.4) is 0 Å². The first-order valence-electron chi connectivity index (χ1n) is 3.49. The van der Waals surface area contributed by atoms with E-state index in [1.165, 1.54) is 6.92 Å². The number of hydrogen-bond donors (Lipinski definition) is 0. The third kappa shape index (κ3) is 3.22. The van der Waals surface area contributed by atoms with Gasteiger partial charge in [0.2, 0.25) is 0 Å². The molecule has 0 aromatic heterocycles. The lowest BCUT2D eigenvalue weighted by molar-refractivity contribution is 0.189. The number of sulfone groups is 1. The molecule has 6 nitrogen and oxygen atoms in total. The monoisotopic (exact) mass is 230 g/mol. The molecule has 1 aliphatic heterocycles. The molecule has 13 heavy (non-hydrogen) atoms. The number of hydrogen-bond acceptors (Lipinski definition) is 6. The maximum Gasteiger partial charge on any atom is 0.400 e. The Labute approximate surface area is 77.1 Å². The first-order valence-corrected chi connectivity index (χ1v) is 6.88. The SMILES string of the molecule is CC1OS(=O)(=O)OC1CS(C)(=O)=O. The van der Waals surface area contributed by atoms with Gasteiger partial charge in [-0.3, -0.25) is 0 Å². The summed E-state index contributed by atoms with van der Waals surface area (Å²) in [6.07, 6.45) is -0.673. The van der Waals surface area contributed by atoms with E-state index in [2.05, 4.69) is 8.37 Å². The summed E-state index contributed by atoms with van der Waals surface area (Å²) in [5.74, 6) is -0.354. The lowest BCUT2D eigenvalue weighted by Crippen LogP contribution is -2.27. The van der Waals surface area contributed by atoms with Gasteiger partial charge in [-0.15, -0.1) is 0 Å². The molecular formula is C5H10O6S2. The molecule has 2 unspecified atom stereocenters. The van der Waals surface area contributed by atoms with Crippen LogP contribution in [0.25, 0.3) is 0 Å². The Balaban J connectivity index is 2.76. The Morgan fingerprint density at radius 2 is 1.85 bits per heavy atom. The molecule has 2 atom stereocenters. The first kappa shape index (κ1) is 10.9. The predicted molar refractivity (Wildman–Crippen MR) is 44.1 cm³/mol. The topological polar surface area (TPSA) is 86.7 Å². The van der Waals surface area contributed by atoms with Crippen LogP contribution in [0.15, 0.2) is 0 Å². The van der Waals surface area contributed by atoms with Gasteiger partial charge in [0.05, 0.1) is 5.75 Å². The Hall–Kier alpha value is -0.180. The highest BCUT2D eigenvalue weighted by Crippen LogP contribution is 2.20. The van der Waals surface area contributed by atoms with E-state index in [-0.39, 0.29) is 5.75 Å². The molecule has 0 saturated carbocycles. The summed E-state index contributed by atoms with van der Waals surface area (Å²) in [6.45, 7) is 1.44. The van der Waals surface area contributed by atoms with Gasteiger partial charge in [-0.2, -0.15) is 8.42 Å². The Morgan fingerprint density at radius 1 is 1.31 bits per heavy atom. The van der Waals surface area contributed by atoms with E-state index >= 15 is 0 Å². The zero-order valence-corrected chi connectivity index (χ0v) is 8.76. The molecule has 1 aliphatic rings. The molecular weight excluding hydrogens is 220 g/mol. The lowest BCUT2D eigenvalue weighted by atomic mass is 10.3. The normalized spacial score (nSPS) is 33.4. The third-order valence-corrected chi connectivity index (χ3v) is 3.46. The van der Waals surface area contributed by atoms with Gasteiger partial charge in [-0.25, -0.2) is 16.8 Å². The lowest BCUT2D eigenvalue weighted by Gasteiger charge is -2.07. The van der Waals surface area contributed by atoms with Crippen molar-refractivity contribution in [3.63, 3.8) is 0 Å². The molecule has 0 amide bonds. The van der Waals surface area contributed by atoms with E-state index in [1.54, 1.807) is 0 Å². The molecule has 0 spiro atoms. The predicted octanol–water partition coefficient (Wildman–Crippen LogP) is -0.920. The van der Waals surface area contributed by atoms with E-state index in [1.807, 2.05) is 0 Å². The van der Waals surface area contributed by atoms with E-state index in [4.69, 9.17) is 0 Å². The molecule has 1 saturated heterocycles. The molecule has 1 rings (SSSR count). The summed E-state index contributed by atoms with van der Waals surface area (Å²) in [5.41, 5.74) is 0. The maximum atomic E-state index is 10.8. The van der Waals surface area contributed by atoms with Crippen LogP contribution in [0.4, 0.5) is 0 Å². The van der Waals surface area contributed by atoms with Gasteiger partial charge in [0.15, 0.2) is 0 Å². The van der Waals surface area contributed by atoms with Gasteiger partial charge >= 0.3 is 10.4 Å². The summed E-state index contributed by atoms with van der Waals surface area (Å²) in [5, 5.41) is 0. The van der Waals surface area contributed by atoms with E-state index in [9.17, 15) is 16.8 Å². The van der Waals surface area contributed by atoms with Crippen molar-refractivity contribution in [2.45, 2.75) is 19.1 Å². The molecule has 8 heteroatoms. The Bertz CT molecular complexity index is 379. The second kappa shape index (κ2) is 3.19. The average molecular weight is 230 g/mol. The van der Waals surface area contributed by atoms with E-state index in [0.29, 0.717) is 0 Å². The van der Waals surface area contributed by atoms with Gasteiger partial charge in [-0.1, -0.05) is 0 Å². The fourth-order valence-corrected chi connectivity index (χ4v) is 3.05. The van der Waals surface area contributed by atoms with E-state index < -0.39 is 32.4 Å². The highest BCUT2D eigenvalue weighted by molar-refractivity contribution is 7.90. The first-order chi connectivity index (χ1) is 5.70. The zero-order chi connectivity index (χ0) is 10.3. The molecule has 78 valence electrons. The molecule has 0 aromatic rings. The minimum atomic E-state index is -3.98. The van der Waals surface area contributed by atoms with Gasteiger partial charge in [0, 0.05) is 6.26 Å². The summed E-state index contributed by atoms with van der Waals surface area (Å²) in [6, 6.07) is 0. The highest BCUT2D eigenvalue weighted by Gasteiger charge is 2.38. The Kier molecular flexibility index (Phi) is 2.68. The molecule has 1 heterocycles. The van der Waals surface area contributed by atoms with Gasteiger partial charge in [-0.05, 0) is 6.92 Å². The molecule has 0 bridgehead atoms. The van der Waals surface area contributed by atoms with Crippen molar-refractivity contribution in [2.75, 3.05) is 12.0 Å². The standard InChI is InChI=1S/C5H10O6S2/c1-4-5(3-12(2,6)7)11-13(8,9)10-4/h4-5H,3H2,1-2H3. The number of rotatable bonds is 2. The second-order valence-electron chi connectivity index (χ2n) is 2.94. The van der Waals surface area contributed by atoms with Crippen molar-refractivity contribution in [2.24, 2.45) is 0 Å². The van der Waals surface area contributed by atoms with Crippen LogP contribution in [0.1, 0.15) is 6.92 Å². The fourth-order valence-electron chi connectivity index (χ4n) is 0.962. The fraction of sp³-hybridized carbons (Fsp3) is 1.00. The molecule has 0 radical (unpaired) electrons. The molecule has 1 fully saturated rings. The van der Waals surface area contributed by atoms with Crippen molar-refractivity contribution in [3.8, 4) is 0 Å². The average Bonchev–Trinajstić information content (AvgIpc) is 2.00. The van der Waals surface area contributed by atoms with Crippen molar-refractivity contribution in [1.82, 2.24) is 0 Å². The van der Waals surface area contributed by atoms with E-state index in [0.717, 1.165) is 6.26 Å². The third-order valence-electron chi connectivity index (χ3n) is 1.50. The van der Waals surface area contributed by atoms with Crippen LogP contribution in [0.2, 0.25) is 0 Å². The van der Waals surface area contributed by atoms with Crippen LogP contribution in [0, 0.1) is 0 Å². The summed E-state index contributed by atoms with van der Waals surface area (Å²) in [7, 11) is -7.24. The largest absolute Gasteiger partial charge is 0.400 e. The molecule has 0 aromatic carbocycles. The van der Waals surface area contributed by atoms with Gasteiger partial charge in [0.25, 0.3) is 0 Å². The zero-order valence-electron chi connectivity index (χ0n) is 7.13. The highest BCUT2D eigenvalue weighted by atomic mass is 32.3. The molecule has 0 N–H and O–H groups in total. The van der Waals surface area contributed by atoms with Gasteiger partial charge in [0.1, 0.15) is 22.0 Å². The maximum absolute atomic E-state index is 10.8. The van der Waals surface area contributed by atoms with Crippen LogP contribution in [-0.4, -0.2) is 41.1 Å². The summed E-state index contributed by atoms with van der Waals surface area (Å²) in [4.78, 5) is 0. The van der Waals surface area contributed by atoms with Crippen molar-refractivity contribution >= 4 is 20.2 Å². The van der Waals surface area contributed by atoms with Crippen LogP contribution in [0.5, 0.6) is 0 Å². The van der Waals surface area contributed by atoms with Crippen molar-refractivity contribution in [1.29, 1.82) is 0 Å². The van der Waals surface area contributed by atoms with Crippen LogP contribution < -0.4 is 0 Å². The van der Waals surface area contributed by atoms with Gasteiger partial charge < -0.3 is 0 Å². The van der Waals surface area contributed by atoms with Crippen LogP contribution in [-0.2, 0) is 28.6 Å².